The Labute approximate surface area is 116 Å². The van der Waals surface area contributed by atoms with Gasteiger partial charge < -0.3 is 10.6 Å². The fourth-order valence-electron chi connectivity index (χ4n) is 1.75. The molecular weight excluding hydrogens is 259 g/mol. The summed E-state index contributed by atoms with van der Waals surface area (Å²) in [6, 6.07) is 5.11. The molecule has 5 nitrogen and oxygen atoms in total. The number of carbonyl (C=O) groups excluding carboxylic acids is 1. The average molecular weight is 274 g/mol. The molecule has 0 bridgehead atoms. The minimum absolute atomic E-state index is 0.0180. The first-order chi connectivity index (χ1) is 9.72. The molecule has 0 fully saturated rings. The predicted octanol–water partition coefficient (Wildman–Crippen LogP) is 1.63. The van der Waals surface area contributed by atoms with Crippen molar-refractivity contribution in [2.45, 2.75) is 6.42 Å². The Bertz CT molecular complexity index is 589. The standard InChI is InChI=1S/C14H15FN4O/c1-16-13-12(15)11(5-8-18-13)14(20)19-7-4-10-3-2-6-17-9-10/h2-3,5-6,8-9H,4,7H2,1H3,(H,16,18)(H,19,20). The highest BCUT2D eigenvalue weighted by atomic mass is 19.1. The van der Waals surface area contributed by atoms with Crippen LogP contribution in [0, 0.1) is 5.82 Å². The molecular formula is C14H15FN4O. The fourth-order valence-corrected chi connectivity index (χ4v) is 1.75. The Morgan fingerprint density at radius 1 is 1.35 bits per heavy atom. The lowest BCUT2D eigenvalue weighted by molar-refractivity contribution is 0.0950. The number of halogens is 1. The van der Waals surface area contributed by atoms with Crippen LogP contribution in [0.3, 0.4) is 0 Å². The Morgan fingerprint density at radius 2 is 2.20 bits per heavy atom. The first-order valence-electron chi connectivity index (χ1n) is 6.21. The number of pyridine rings is 2. The summed E-state index contributed by atoms with van der Waals surface area (Å²) in [5.41, 5.74) is 0.995. The maximum atomic E-state index is 13.9. The Balaban J connectivity index is 1.95. The third-order valence-corrected chi connectivity index (χ3v) is 2.79. The van der Waals surface area contributed by atoms with E-state index < -0.39 is 11.7 Å². The van der Waals surface area contributed by atoms with E-state index in [9.17, 15) is 9.18 Å². The van der Waals surface area contributed by atoms with Crippen LogP contribution in [0.25, 0.3) is 0 Å². The summed E-state index contributed by atoms with van der Waals surface area (Å²) in [5, 5.41) is 5.28. The third kappa shape index (κ3) is 3.28. The van der Waals surface area contributed by atoms with Gasteiger partial charge >= 0.3 is 0 Å². The maximum absolute atomic E-state index is 13.9. The number of carbonyl (C=O) groups is 1. The molecule has 104 valence electrons. The quantitative estimate of drug-likeness (QED) is 0.869. The van der Waals surface area contributed by atoms with E-state index in [1.807, 2.05) is 12.1 Å². The maximum Gasteiger partial charge on any atom is 0.254 e. The first kappa shape index (κ1) is 13.9. The molecule has 2 aromatic rings. The lowest BCUT2D eigenvalue weighted by atomic mass is 10.2. The van der Waals surface area contributed by atoms with E-state index in [0.29, 0.717) is 13.0 Å². The number of rotatable bonds is 5. The van der Waals surface area contributed by atoms with Crippen molar-refractivity contribution < 1.29 is 9.18 Å². The van der Waals surface area contributed by atoms with Crippen molar-refractivity contribution in [3.63, 3.8) is 0 Å². The topological polar surface area (TPSA) is 66.9 Å². The van der Waals surface area contributed by atoms with Gasteiger partial charge in [0, 0.05) is 32.2 Å². The van der Waals surface area contributed by atoms with E-state index >= 15 is 0 Å². The van der Waals surface area contributed by atoms with Crippen molar-refractivity contribution in [1.29, 1.82) is 0 Å². The van der Waals surface area contributed by atoms with E-state index in [-0.39, 0.29) is 11.4 Å². The van der Waals surface area contributed by atoms with E-state index in [1.54, 1.807) is 19.4 Å². The summed E-state index contributed by atoms with van der Waals surface area (Å²) in [6.45, 7) is 0.418. The molecule has 0 atom stereocenters. The van der Waals surface area contributed by atoms with Crippen LogP contribution in [0.15, 0.2) is 36.8 Å². The van der Waals surface area contributed by atoms with Crippen molar-refractivity contribution >= 4 is 11.7 Å². The smallest absolute Gasteiger partial charge is 0.254 e. The summed E-state index contributed by atoms with van der Waals surface area (Å²) < 4.78 is 13.9. The molecule has 0 spiro atoms. The molecule has 20 heavy (non-hydrogen) atoms. The van der Waals surface area contributed by atoms with E-state index in [2.05, 4.69) is 20.6 Å². The van der Waals surface area contributed by atoms with Crippen molar-refractivity contribution in [3.05, 3.63) is 53.7 Å². The van der Waals surface area contributed by atoms with E-state index in [0.717, 1.165) is 5.56 Å². The van der Waals surface area contributed by atoms with Crippen LogP contribution in [0.2, 0.25) is 0 Å². The van der Waals surface area contributed by atoms with Crippen LogP contribution < -0.4 is 10.6 Å². The van der Waals surface area contributed by atoms with Gasteiger partial charge in [-0.15, -0.1) is 0 Å². The van der Waals surface area contributed by atoms with Gasteiger partial charge in [-0.3, -0.25) is 9.78 Å². The highest BCUT2D eigenvalue weighted by Crippen LogP contribution is 2.14. The molecule has 0 aromatic carbocycles. The van der Waals surface area contributed by atoms with Gasteiger partial charge in [-0.1, -0.05) is 6.07 Å². The molecule has 0 unspecified atom stereocenters. The molecule has 2 N–H and O–H groups in total. The molecule has 2 heterocycles. The zero-order chi connectivity index (χ0) is 14.4. The third-order valence-electron chi connectivity index (χ3n) is 2.79. The number of aromatic nitrogens is 2. The molecule has 0 aliphatic rings. The molecule has 0 aliphatic heterocycles. The van der Waals surface area contributed by atoms with Gasteiger partial charge in [0.25, 0.3) is 5.91 Å². The Morgan fingerprint density at radius 3 is 2.90 bits per heavy atom. The molecule has 0 radical (unpaired) electrons. The van der Waals surface area contributed by atoms with Gasteiger partial charge in [-0.25, -0.2) is 9.37 Å². The Kier molecular flexibility index (Phi) is 4.60. The zero-order valence-corrected chi connectivity index (χ0v) is 11.1. The van der Waals surface area contributed by atoms with Crippen molar-refractivity contribution in [2.24, 2.45) is 0 Å². The highest BCUT2D eigenvalue weighted by molar-refractivity contribution is 5.95. The number of hydrogen-bond donors (Lipinski definition) is 2. The summed E-state index contributed by atoms with van der Waals surface area (Å²) in [5.74, 6) is -1.04. The summed E-state index contributed by atoms with van der Waals surface area (Å²) in [4.78, 5) is 19.7. The van der Waals surface area contributed by atoms with Crippen LogP contribution in [-0.2, 0) is 6.42 Å². The predicted molar refractivity (Wildman–Crippen MR) is 74.0 cm³/mol. The fraction of sp³-hybridized carbons (Fsp3) is 0.214. The van der Waals surface area contributed by atoms with E-state index in [1.165, 1.54) is 12.3 Å². The first-order valence-corrected chi connectivity index (χ1v) is 6.21. The largest absolute Gasteiger partial charge is 0.371 e. The zero-order valence-electron chi connectivity index (χ0n) is 11.1. The minimum atomic E-state index is -0.645. The highest BCUT2D eigenvalue weighted by Gasteiger charge is 2.14. The Hall–Kier alpha value is -2.50. The van der Waals surface area contributed by atoms with Gasteiger partial charge in [0.15, 0.2) is 11.6 Å². The molecule has 2 rings (SSSR count). The van der Waals surface area contributed by atoms with E-state index in [4.69, 9.17) is 0 Å². The molecule has 1 amide bonds. The SMILES string of the molecule is CNc1nccc(C(=O)NCCc2cccnc2)c1F. The summed E-state index contributed by atoms with van der Waals surface area (Å²) >= 11 is 0. The second-order valence-electron chi connectivity index (χ2n) is 4.14. The molecule has 6 heteroatoms. The van der Waals surface area contributed by atoms with Crippen LogP contribution in [0.4, 0.5) is 10.2 Å². The molecule has 2 aromatic heterocycles. The number of nitrogens with one attached hydrogen (secondary N) is 2. The van der Waals surface area contributed by atoms with Gasteiger partial charge in [0.1, 0.15) is 0 Å². The van der Waals surface area contributed by atoms with Gasteiger partial charge in [0.2, 0.25) is 0 Å². The molecule has 0 saturated heterocycles. The van der Waals surface area contributed by atoms with Gasteiger partial charge in [0.05, 0.1) is 5.56 Å². The number of amides is 1. The lowest BCUT2D eigenvalue weighted by Crippen LogP contribution is -2.27. The van der Waals surface area contributed by atoms with Crippen LogP contribution in [-0.4, -0.2) is 29.5 Å². The minimum Gasteiger partial charge on any atom is -0.371 e. The second-order valence-corrected chi connectivity index (χ2v) is 4.14. The van der Waals surface area contributed by atoms with Gasteiger partial charge in [-0.2, -0.15) is 0 Å². The monoisotopic (exact) mass is 274 g/mol. The van der Waals surface area contributed by atoms with Crippen LogP contribution in [0.5, 0.6) is 0 Å². The lowest BCUT2D eigenvalue weighted by Gasteiger charge is -2.08. The number of nitrogens with zero attached hydrogens (tertiary/aromatic N) is 2. The molecule has 0 aliphatic carbocycles. The van der Waals surface area contributed by atoms with Crippen molar-refractivity contribution in [2.75, 3.05) is 18.9 Å². The number of hydrogen-bond acceptors (Lipinski definition) is 4. The normalized spacial score (nSPS) is 10.1. The number of anilines is 1. The van der Waals surface area contributed by atoms with Crippen LogP contribution in [0.1, 0.15) is 15.9 Å². The van der Waals surface area contributed by atoms with Crippen LogP contribution >= 0.6 is 0 Å². The van der Waals surface area contributed by atoms with Crippen molar-refractivity contribution in [3.8, 4) is 0 Å². The average Bonchev–Trinajstić information content (AvgIpc) is 2.48. The molecule has 0 saturated carbocycles. The van der Waals surface area contributed by atoms with Gasteiger partial charge in [-0.05, 0) is 24.1 Å². The summed E-state index contributed by atoms with van der Waals surface area (Å²) in [6.07, 6.45) is 5.46. The summed E-state index contributed by atoms with van der Waals surface area (Å²) in [7, 11) is 1.55. The second kappa shape index (κ2) is 6.60. The van der Waals surface area contributed by atoms with Crippen molar-refractivity contribution in [1.82, 2.24) is 15.3 Å².